The van der Waals surface area contributed by atoms with E-state index in [1.54, 1.807) is 21.2 Å². The van der Waals surface area contributed by atoms with Gasteiger partial charge in [-0.2, -0.15) is 0 Å². The summed E-state index contributed by atoms with van der Waals surface area (Å²) in [5.41, 5.74) is 4.42. The van der Waals surface area contributed by atoms with Crippen molar-refractivity contribution in [1.82, 2.24) is 28.5 Å². The number of para-hydroxylation sites is 2. The number of benzene rings is 2. The van der Waals surface area contributed by atoms with Gasteiger partial charge in [-0.25, -0.2) is 9.55 Å². The largest absolute Gasteiger partial charge is 0.269 e. The highest BCUT2D eigenvalue weighted by molar-refractivity contribution is 7.98. The molecule has 0 saturated carbocycles. The van der Waals surface area contributed by atoms with Gasteiger partial charge in [0, 0.05) is 18.0 Å². The third-order valence-corrected chi connectivity index (χ3v) is 6.92. The van der Waals surface area contributed by atoms with Gasteiger partial charge < -0.3 is 0 Å². The maximum absolute atomic E-state index is 13.5. The van der Waals surface area contributed by atoms with Crippen LogP contribution in [0.3, 0.4) is 0 Å². The average molecular weight is 481 g/mol. The molecule has 0 aliphatic heterocycles. The minimum atomic E-state index is -0.147. The van der Waals surface area contributed by atoms with Gasteiger partial charge in [0.05, 0.1) is 22.3 Å². The summed E-state index contributed by atoms with van der Waals surface area (Å²) in [4.78, 5) is 30.8. The highest BCUT2D eigenvalue weighted by Crippen LogP contribution is 2.26. The van der Waals surface area contributed by atoms with E-state index in [1.165, 1.54) is 11.8 Å². The van der Waals surface area contributed by atoms with Gasteiger partial charge in [-0.15, -0.1) is 10.2 Å². The zero-order chi connectivity index (χ0) is 24.1. The second-order valence-corrected chi connectivity index (χ2v) is 9.31. The number of hydrogen-bond acceptors (Lipinski definition) is 6. The number of pyridine rings is 1. The standard InChI is InChI=1S/C26H20N6O2S/c1-16-11-12-22-27-18(13-23(33)30(22)14-16)15-35-26-29-28-25-31(20-9-5-3-7-17(20)2)24(34)19-8-4-6-10-21(19)32(25)26/h3-14H,15H2,1-2H3. The fourth-order valence-corrected chi connectivity index (χ4v) is 5.11. The van der Waals surface area contributed by atoms with Gasteiger partial charge >= 0.3 is 0 Å². The highest BCUT2D eigenvalue weighted by Gasteiger charge is 2.19. The van der Waals surface area contributed by atoms with E-state index in [0.717, 1.165) is 22.3 Å². The fourth-order valence-electron chi connectivity index (χ4n) is 4.27. The lowest BCUT2D eigenvalue weighted by molar-refractivity contribution is 0.926. The van der Waals surface area contributed by atoms with Crippen LogP contribution in [0.5, 0.6) is 0 Å². The number of nitrogens with zero attached hydrogens (tertiary/aromatic N) is 6. The lowest BCUT2D eigenvalue weighted by Crippen LogP contribution is -2.22. The maximum atomic E-state index is 13.5. The topological polar surface area (TPSA) is 86.6 Å². The number of aryl methyl sites for hydroxylation is 2. The van der Waals surface area contributed by atoms with Crippen molar-refractivity contribution in [2.75, 3.05) is 0 Å². The molecule has 9 heteroatoms. The number of hydrogen-bond donors (Lipinski definition) is 0. The Balaban J connectivity index is 1.50. The Labute approximate surface area is 203 Å². The monoisotopic (exact) mass is 480 g/mol. The van der Waals surface area contributed by atoms with E-state index < -0.39 is 0 Å². The van der Waals surface area contributed by atoms with E-state index in [0.29, 0.717) is 33.4 Å². The van der Waals surface area contributed by atoms with Gasteiger partial charge in [0.2, 0.25) is 5.78 Å². The summed E-state index contributed by atoms with van der Waals surface area (Å²) in [6.45, 7) is 3.90. The quantitative estimate of drug-likeness (QED) is 0.355. The van der Waals surface area contributed by atoms with Crippen LogP contribution in [0.2, 0.25) is 0 Å². The van der Waals surface area contributed by atoms with E-state index in [2.05, 4.69) is 15.2 Å². The molecule has 0 radical (unpaired) electrons. The summed E-state index contributed by atoms with van der Waals surface area (Å²) < 4.78 is 5.05. The van der Waals surface area contributed by atoms with Gasteiger partial charge in [-0.1, -0.05) is 48.2 Å². The van der Waals surface area contributed by atoms with Crippen molar-refractivity contribution >= 4 is 34.1 Å². The van der Waals surface area contributed by atoms with Crippen LogP contribution >= 0.6 is 11.8 Å². The van der Waals surface area contributed by atoms with Crippen LogP contribution in [0.4, 0.5) is 0 Å². The smallest absolute Gasteiger partial charge is 0.267 e. The van der Waals surface area contributed by atoms with Crippen LogP contribution in [0.25, 0.3) is 28.0 Å². The molecule has 0 atom stereocenters. The number of fused-ring (bicyclic) bond motifs is 4. The molecule has 0 fully saturated rings. The summed E-state index contributed by atoms with van der Waals surface area (Å²) in [5.74, 6) is 0.866. The third kappa shape index (κ3) is 3.52. The lowest BCUT2D eigenvalue weighted by Gasteiger charge is -2.13. The number of thioether (sulfide) groups is 1. The van der Waals surface area contributed by atoms with Crippen LogP contribution in [0.15, 0.2) is 87.7 Å². The molecule has 0 amide bonds. The van der Waals surface area contributed by atoms with Gasteiger partial charge in [0.1, 0.15) is 5.65 Å². The first kappa shape index (κ1) is 21.3. The fraction of sp³-hybridized carbons (Fsp3) is 0.115. The average Bonchev–Trinajstić information content (AvgIpc) is 3.28. The van der Waals surface area contributed by atoms with Gasteiger partial charge in [0.15, 0.2) is 5.16 Å². The molecule has 0 saturated heterocycles. The molecule has 6 rings (SSSR count). The number of rotatable bonds is 4. The summed E-state index contributed by atoms with van der Waals surface area (Å²) in [7, 11) is 0. The summed E-state index contributed by atoms with van der Waals surface area (Å²) in [5, 5.41) is 10.0. The second kappa shape index (κ2) is 8.21. The molecule has 8 nitrogen and oxygen atoms in total. The molecule has 2 aromatic carbocycles. The van der Waals surface area contributed by atoms with Crippen molar-refractivity contribution in [1.29, 1.82) is 0 Å². The first-order valence-electron chi connectivity index (χ1n) is 11.1. The normalized spacial score (nSPS) is 11.6. The van der Waals surface area contributed by atoms with Crippen molar-refractivity contribution in [3.63, 3.8) is 0 Å². The lowest BCUT2D eigenvalue weighted by atomic mass is 10.2. The second-order valence-electron chi connectivity index (χ2n) is 8.37. The molecule has 0 spiro atoms. The Morgan fingerprint density at radius 2 is 1.71 bits per heavy atom. The summed E-state index contributed by atoms with van der Waals surface area (Å²) in [6.07, 6.45) is 1.78. The summed E-state index contributed by atoms with van der Waals surface area (Å²) >= 11 is 1.42. The first-order chi connectivity index (χ1) is 17.0. The van der Waals surface area contributed by atoms with Crippen LogP contribution < -0.4 is 11.1 Å². The SMILES string of the molecule is Cc1ccc2nc(CSc3nnc4n(-c5ccccc5C)c(=O)c5ccccc5n34)cc(=O)n2c1. The van der Waals surface area contributed by atoms with E-state index >= 15 is 0 Å². The molecule has 35 heavy (non-hydrogen) atoms. The predicted octanol–water partition coefficient (Wildman–Crippen LogP) is 3.95. The molecule has 6 aromatic rings. The molecule has 0 unspecified atom stereocenters. The first-order valence-corrected chi connectivity index (χ1v) is 12.1. The van der Waals surface area contributed by atoms with Gasteiger partial charge in [-0.3, -0.25) is 18.4 Å². The maximum Gasteiger partial charge on any atom is 0.267 e. The number of aromatic nitrogens is 6. The van der Waals surface area contributed by atoms with Crippen molar-refractivity contribution in [3.8, 4) is 5.69 Å². The molecular formula is C26H20N6O2S. The van der Waals surface area contributed by atoms with Gasteiger partial charge in [-0.05, 0) is 49.2 Å². The molecule has 0 bridgehead atoms. The van der Waals surface area contributed by atoms with Crippen molar-refractivity contribution < 1.29 is 0 Å². The van der Waals surface area contributed by atoms with Crippen molar-refractivity contribution in [2.45, 2.75) is 24.8 Å². The Morgan fingerprint density at radius 1 is 0.914 bits per heavy atom. The highest BCUT2D eigenvalue weighted by atomic mass is 32.2. The van der Waals surface area contributed by atoms with Crippen LogP contribution in [0.1, 0.15) is 16.8 Å². The molecule has 4 aromatic heterocycles. The van der Waals surface area contributed by atoms with E-state index in [9.17, 15) is 9.59 Å². The van der Waals surface area contributed by atoms with Crippen molar-refractivity contribution in [3.05, 3.63) is 110 Å². The molecule has 172 valence electrons. The van der Waals surface area contributed by atoms with Crippen LogP contribution in [-0.4, -0.2) is 28.5 Å². The minimum Gasteiger partial charge on any atom is -0.269 e. The molecular weight excluding hydrogens is 460 g/mol. The zero-order valence-corrected chi connectivity index (χ0v) is 19.9. The Hall–Kier alpha value is -4.24. The van der Waals surface area contributed by atoms with E-state index in [4.69, 9.17) is 0 Å². The molecule has 0 N–H and O–H groups in total. The minimum absolute atomic E-state index is 0.126. The molecule has 0 aliphatic carbocycles. The van der Waals surface area contributed by atoms with Gasteiger partial charge in [0.25, 0.3) is 11.1 Å². The Morgan fingerprint density at radius 3 is 2.57 bits per heavy atom. The molecule has 0 aliphatic rings. The van der Waals surface area contributed by atoms with Crippen molar-refractivity contribution in [2.24, 2.45) is 0 Å². The summed E-state index contributed by atoms with van der Waals surface area (Å²) in [6, 6.07) is 20.5. The molecule has 4 heterocycles. The van der Waals surface area contributed by atoms with Crippen LogP contribution in [0, 0.1) is 13.8 Å². The Bertz CT molecular complexity index is 1890. The van der Waals surface area contributed by atoms with Crippen LogP contribution in [-0.2, 0) is 5.75 Å². The van der Waals surface area contributed by atoms with E-state index in [-0.39, 0.29) is 11.1 Å². The Kier molecular flexibility index (Phi) is 5.00. The zero-order valence-electron chi connectivity index (χ0n) is 19.0. The third-order valence-electron chi connectivity index (χ3n) is 5.96. The predicted molar refractivity (Wildman–Crippen MR) is 137 cm³/mol. The van der Waals surface area contributed by atoms with E-state index in [1.807, 2.05) is 78.9 Å².